The summed E-state index contributed by atoms with van der Waals surface area (Å²) in [4.78, 5) is 0. The Hall–Kier alpha value is -0.603. The zero-order valence-corrected chi connectivity index (χ0v) is 23.9. The Morgan fingerprint density at radius 2 is 0.848 bits per heavy atom. The average molecular weight is 475 g/mol. The minimum Gasteiger partial charge on any atom is -0.413 e. The molecule has 0 saturated heterocycles. The van der Waals surface area contributed by atoms with Crippen molar-refractivity contribution in [1.82, 2.24) is 0 Å². The van der Waals surface area contributed by atoms with Gasteiger partial charge in [0.25, 0.3) is 0 Å². The monoisotopic (exact) mass is 474 g/mol. The molecule has 0 heterocycles. The maximum absolute atomic E-state index is 7.04. The van der Waals surface area contributed by atoms with E-state index < -0.39 is 8.32 Å². The first-order chi connectivity index (χ1) is 16.3. The van der Waals surface area contributed by atoms with Gasteiger partial charge in [-0.1, -0.05) is 167 Å². The van der Waals surface area contributed by atoms with Crippen molar-refractivity contribution in [3.8, 4) is 0 Å². The van der Waals surface area contributed by atoms with Crippen LogP contribution in [0.1, 0.15) is 142 Å². The highest BCUT2D eigenvalue weighted by Crippen LogP contribution is 2.32. The summed E-state index contributed by atoms with van der Waals surface area (Å²) in [5, 5.41) is 0. The second-order valence-corrected chi connectivity index (χ2v) is 14.7. The van der Waals surface area contributed by atoms with Crippen molar-refractivity contribution in [2.24, 2.45) is 0 Å². The number of rotatable bonds is 24. The molecule has 0 N–H and O–H groups in total. The molecule has 192 valence electrons. The highest BCUT2D eigenvalue weighted by atomic mass is 28.4. The molecule has 0 amide bonds. The molecule has 0 aromatic heterocycles. The van der Waals surface area contributed by atoms with Crippen LogP contribution in [0.15, 0.2) is 30.3 Å². The third-order valence-corrected chi connectivity index (χ3v) is 11.9. The standard InChI is InChI=1S/C31H58OSi/c1-4-7-10-13-16-22-27-33(28-23-17-14-11-8-5-2,29-24-18-15-12-9-6-3)32-30-31-25-20-19-21-26-31/h19-21,25-26H,4-18,22-24,27-30H2,1-3H3. The van der Waals surface area contributed by atoms with Crippen molar-refractivity contribution < 1.29 is 4.43 Å². The van der Waals surface area contributed by atoms with Gasteiger partial charge in [-0.25, -0.2) is 0 Å². The van der Waals surface area contributed by atoms with Gasteiger partial charge in [-0.3, -0.25) is 0 Å². The van der Waals surface area contributed by atoms with Crippen molar-refractivity contribution in [3.05, 3.63) is 35.9 Å². The molecular formula is C31H58OSi. The molecule has 0 spiro atoms. The van der Waals surface area contributed by atoms with Crippen LogP contribution in [0.4, 0.5) is 0 Å². The van der Waals surface area contributed by atoms with Crippen LogP contribution in [0, 0.1) is 0 Å². The number of benzene rings is 1. The van der Waals surface area contributed by atoms with E-state index in [0.29, 0.717) is 0 Å². The summed E-state index contributed by atoms with van der Waals surface area (Å²) < 4.78 is 7.04. The van der Waals surface area contributed by atoms with Crippen molar-refractivity contribution in [1.29, 1.82) is 0 Å². The van der Waals surface area contributed by atoms with Gasteiger partial charge in [-0.05, 0) is 23.7 Å². The first-order valence-electron chi connectivity index (χ1n) is 14.9. The SMILES string of the molecule is CCCCCCCC[Si](CCCCCCCC)(CCCCCCCC)OCc1ccccc1. The lowest BCUT2D eigenvalue weighted by Gasteiger charge is -2.32. The van der Waals surface area contributed by atoms with E-state index in [1.807, 2.05) is 0 Å². The van der Waals surface area contributed by atoms with Gasteiger partial charge in [0, 0.05) is 0 Å². The zero-order valence-electron chi connectivity index (χ0n) is 22.9. The molecule has 0 fully saturated rings. The molecular weight excluding hydrogens is 416 g/mol. The van der Waals surface area contributed by atoms with Crippen LogP contribution >= 0.6 is 0 Å². The van der Waals surface area contributed by atoms with Crippen LogP contribution in [0.5, 0.6) is 0 Å². The van der Waals surface area contributed by atoms with Crippen LogP contribution in [-0.4, -0.2) is 8.32 Å². The van der Waals surface area contributed by atoms with Crippen LogP contribution in [-0.2, 0) is 11.0 Å². The Bertz CT molecular complexity index is 474. The maximum atomic E-state index is 7.04. The average Bonchev–Trinajstić information content (AvgIpc) is 2.85. The van der Waals surface area contributed by atoms with Gasteiger partial charge >= 0.3 is 0 Å². The number of unbranched alkanes of at least 4 members (excludes halogenated alkanes) is 15. The molecule has 0 saturated carbocycles. The fourth-order valence-corrected chi connectivity index (χ4v) is 9.42. The Balaban J connectivity index is 2.68. The fourth-order valence-electron chi connectivity index (χ4n) is 5.08. The first-order valence-corrected chi connectivity index (χ1v) is 17.5. The first kappa shape index (κ1) is 30.4. The summed E-state index contributed by atoms with van der Waals surface area (Å²) >= 11 is 0. The summed E-state index contributed by atoms with van der Waals surface area (Å²) in [6.07, 6.45) is 25.2. The van der Waals surface area contributed by atoms with Gasteiger partial charge in [0.2, 0.25) is 0 Å². The molecule has 0 aliphatic heterocycles. The van der Waals surface area contributed by atoms with Crippen LogP contribution in [0.25, 0.3) is 0 Å². The van der Waals surface area contributed by atoms with Crippen LogP contribution < -0.4 is 0 Å². The van der Waals surface area contributed by atoms with E-state index in [2.05, 4.69) is 51.1 Å². The second kappa shape index (κ2) is 21.9. The van der Waals surface area contributed by atoms with Crippen LogP contribution in [0.2, 0.25) is 18.1 Å². The normalized spacial score (nSPS) is 11.8. The minimum absolute atomic E-state index is 0.842. The van der Waals surface area contributed by atoms with E-state index in [9.17, 15) is 0 Å². The molecule has 1 aromatic carbocycles. The molecule has 0 radical (unpaired) electrons. The van der Waals surface area contributed by atoms with Gasteiger partial charge < -0.3 is 4.43 Å². The van der Waals surface area contributed by atoms with Crippen molar-refractivity contribution >= 4 is 8.32 Å². The lowest BCUT2D eigenvalue weighted by atomic mass is 10.1. The summed E-state index contributed by atoms with van der Waals surface area (Å²) in [6.45, 7) is 7.79. The highest BCUT2D eigenvalue weighted by Gasteiger charge is 2.33. The Labute approximate surface area is 209 Å². The summed E-state index contributed by atoms with van der Waals surface area (Å²) in [5.74, 6) is 0. The van der Waals surface area contributed by atoms with E-state index in [0.717, 1.165) is 6.61 Å². The van der Waals surface area contributed by atoms with Gasteiger partial charge in [0.05, 0.1) is 6.61 Å². The highest BCUT2D eigenvalue weighted by molar-refractivity contribution is 6.73. The lowest BCUT2D eigenvalue weighted by molar-refractivity contribution is 0.280. The largest absolute Gasteiger partial charge is 0.413 e. The molecule has 0 aliphatic carbocycles. The minimum atomic E-state index is -1.68. The smallest absolute Gasteiger partial charge is 0.193 e. The molecule has 1 rings (SSSR count). The van der Waals surface area contributed by atoms with E-state index in [4.69, 9.17) is 4.43 Å². The van der Waals surface area contributed by atoms with Crippen molar-refractivity contribution in [2.75, 3.05) is 0 Å². The van der Waals surface area contributed by atoms with Crippen LogP contribution in [0.3, 0.4) is 0 Å². The van der Waals surface area contributed by atoms with Gasteiger partial charge in [-0.2, -0.15) is 0 Å². The third kappa shape index (κ3) is 16.6. The fraction of sp³-hybridized carbons (Fsp3) is 0.806. The molecule has 0 aliphatic rings. The Kier molecular flexibility index (Phi) is 20.2. The summed E-state index contributed by atoms with van der Waals surface area (Å²) in [7, 11) is -1.68. The zero-order chi connectivity index (χ0) is 23.9. The molecule has 33 heavy (non-hydrogen) atoms. The van der Waals surface area contributed by atoms with E-state index in [-0.39, 0.29) is 0 Å². The van der Waals surface area contributed by atoms with Gasteiger partial charge in [0.15, 0.2) is 8.32 Å². The third-order valence-electron chi connectivity index (χ3n) is 7.35. The molecule has 1 nitrogen and oxygen atoms in total. The Morgan fingerprint density at radius 3 is 1.24 bits per heavy atom. The quantitative estimate of drug-likeness (QED) is 0.107. The molecule has 0 atom stereocenters. The topological polar surface area (TPSA) is 9.23 Å². The van der Waals surface area contributed by atoms with E-state index in [1.54, 1.807) is 0 Å². The van der Waals surface area contributed by atoms with Gasteiger partial charge in [0.1, 0.15) is 0 Å². The van der Waals surface area contributed by atoms with E-state index in [1.165, 1.54) is 139 Å². The molecule has 0 bridgehead atoms. The molecule has 1 aromatic rings. The lowest BCUT2D eigenvalue weighted by Crippen LogP contribution is -2.38. The second-order valence-electron chi connectivity index (χ2n) is 10.5. The maximum Gasteiger partial charge on any atom is 0.193 e. The molecule has 0 unspecified atom stereocenters. The Morgan fingerprint density at radius 1 is 0.485 bits per heavy atom. The summed E-state index contributed by atoms with van der Waals surface area (Å²) in [6, 6.07) is 15.1. The van der Waals surface area contributed by atoms with E-state index >= 15 is 0 Å². The summed E-state index contributed by atoms with van der Waals surface area (Å²) in [5.41, 5.74) is 1.36. The molecule has 2 heteroatoms. The van der Waals surface area contributed by atoms with Crippen molar-refractivity contribution in [2.45, 2.75) is 161 Å². The number of hydrogen-bond acceptors (Lipinski definition) is 1. The predicted octanol–water partition coefficient (Wildman–Crippen LogP) is 11.2. The van der Waals surface area contributed by atoms with Crippen molar-refractivity contribution in [3.63, 3.8) is 0 Å². The van der Waals surface area contributed by atoms with Gasteiger partial charge in [-0.15, -0.1) is 0 Å². The number of hydrogen-bond donors (Lipinski definition) is 0. The predicted molar refractivity (Wildman–Crippen MR) is 152 cm³/mol.